The van der Waals surface area contributed by atoms with Crippen LogP contribution >= 0.6 is 42.7 Å². The van der Waals surface area contributed by atoms with Crippen LogP contribution in [0.15, 0.2) is 43.8 Å². The van der Waals surface area contributed by atoms with Crippen LogP contribution in [-0.4, -0.2) is 33.7 Å². The van der Waals surface area contributed by atoms with E-state index in [1.807, 2.05) is 0 Å². The van der Waals surface area contributed by atoms with Gasteiger partial charge in [-0.05, 0) is 0 Å². The Balaban J connectivity index is 3.60. The van der Waals surface area contributed by atoms with E-state index in [0.29, 0.717) is 0 Å². The standard InChI is InChI=1S/C10H4Cl4O8S4/c11-23(15,16)7-5-3-1-2-4-6(5)8(24(12,17)18)10(26(14,21)22)9(7)25(13,19)20/h1-4H. The van der Waals surface area contributed by atoms with Gasteiger partial charge in [-0.1, -0.05) is 24.3 Å². The molecule has 0 saturated carbocycles. The fourth-order valence-electron chi connectivity index (χ4n) is 2.26. The number of benzene rings is 2. The molecule has 0 unspecified atom stereocenters. The van der Waals surface area contributed by atoms with Crippen LogP contribution in [0.25, 0.3) is 10.8 Å². The first kappa shape index (κ1) is 22.0. The molecular formula is C10H4Cl4O8S4. The molecule has 0 bridgehead atoms. The summed E-state index contributed by atoms with van der Waals surface area (Å²) in [6.07, 6.45) is 0. The maximum Gasteiger partial charge on any atom is 0.264 e. The van der Waals surface area contributed by atoms with E-state index in [9.17, 15) is 33.7 Å². The summed E-state index contributed by atoms with van der Waals surface area (Å²) < 4.78 is 95.8. The van der Waals surface area contributed by atoms with Crippen LogP contribution in [0.4, 0.5) is 0 Å². The summed E-state index contributed by atoms with van der Waals surface area (Å²) in [6.45, 7) is 0. The largest absolute Gasteiger partial charge is 0.264 e. The molecule has 0 radical (unpaired) electrons. The molecule has 0 spiro atoms. The Morgan fingerprint density at radius 3 is 0.885 bits per heavy atom. The third kappa shape index (κ3) is 4.07. The lowest BCUT2D eigenvalue weighted by atomic mass is 10.1. The van der Waals surface area contributed by atoms with Crippen LogP contribution in [0.2, 0.25) is 0 Å². The van der Waals surface area contributed by atoms with Crippen molar-refractivity contribution in [3.63, 3.8) is 0 Å². The predicted molar refractivity (Wildman–Crippen MR) is 96.1 cm³/mol. The minimum Gasteiger partial charge on any atom is -0.207 e. The molecule has 0 fully saturated rings. The molecule has 2 aromatic carbocycles. The third-order valence-corrected chi connectivity index (χ3v) is 8.86. The molecule has 26 heavy (non-hydrogen) atoms. The van der Waals surface area contributed by atoms with Crippen molar-refractivity contribution in [3.05, 3.63) is 24.3 Å². The van der Waals surface area contributed by atoms with Crippen molar-refractivity contribution in [1.29, 1.82) is 0 Å². The van der Waals surface area contributed by atoms with Crippen LogP contribution in [0.3, 0.4) is 0 Å². The second-order valence-electron chi connectivity index (χ2n) is 4.61. The van der Waals surface area contributed by atoms with Gasteiger partial charge in [0, 0.05) is 53.5 Å². The van der Waals surface area contributed by atoms with Crippen LogP contribution in [0, 0.1) is 0 Å². The first-order valence-electron chi connectivity index (χ1n) is 5.84. The summed E-state index contributed by atoms with van der Waals surface area (Å²) in [5, 5.41) is -1.07. The van der Waals surface area contributed by atoms with Gasteiger partial charge in [0.05, 0.1) is 0 Å². The molecular weight excluding hydrogens is 518 g/mol. The molecule has 2 aromatic rings. The molecule has 0 N–H and O–H groups in total. The van der Waals surface area contributed by atoms with E-state index in [2.05, 4.69) is 0 Å². The average molecular weight is 522 g/mol. The first-order chi connectivity index (χ1) is 11.5. The summed E-state index contributed by atoms with van der Waals surface area (Å²) in [6, 6.07) is 4.43. The highest BCUT2D eigenvalue weighted by molar-refractivity contribution is 8.18. The zero-order valence-corrected chi connectivity index (χ0v) is 18.0. The van der Waals surface area contributed by atoms with E-state index in [4.69, 9.17) is 42.7 Å². The second-order valence-corrected chi connectivity index (χ2v) is 14.6. The average Bonchev–Trinajstić information content (AvgIpc) is 2.40. The molecule has 0 amide bonds. The quantitative estimate of drug-likeness (QED) is 0.559. The summed E-state index contributed by atoms with van der Waals surface area (Å²) >= 11 is 0. The lowest BCUT2D eigenvalue weighted by molar-refractivity contribution is 0.583. The Hall–Kier alpha value is -0.340. The summed E-state index contributed by atoms with van der Waals surface area (Å²) in [4.78, 5) is -5.70. The molecule has 8 nitrogen and oxygen atoms in total. The fraction of sp³-hybridized carbons (Fsp3) is 0. The Kier molecular flexibility index (Phi) is 5.59. The van der Waals surface area contributed by atoms with Gasteiger partial charge in [0.25, 0.3) is 36.2 Å². The minimum atomic E-state index is -5.18. The minimum absolute atomic E-state index is 0.537. The Morgan fingerprint density at radius 1 is 0.462 bits per heavy atom. The van der Waals surface area contributed by atoms with Gasteiger partial charge in [-0.15, -0.1) is 0 Å². The van der Waals surface area contributed by atoms with Crippen molar-refractivity contribution in [2.75, 3.05) is 0 Å². The van der Waals surface area contributed by atoms with Gasteiger partial charge in [-0.25, -0.2) is 33.7 Å². The molecule has 0 aliphatic rings. The number of fused-ring (bicyclic) bond motifs is 1. The van der Waals surface area contributed by atoms with Gasteiger partial charge in [0.2, 0.25) is 0 Å². The van der Waals surface area contributed by atoms with Crippen LogP contribution in [0.1, 0.15) is 0 Å². The van der Waals surface area contributed by atoms with Crippen LogP contribution < -0.4 is 0 Å². The lowest BCUT2D eigenvalue weighted by Gasteiger charge is -2.16. The monoisotopic (exact) mass is 520 g/mol. The van der Waals surface area contributed by atoms with Crippen LogP contribution in [0.5, 0.6) is 0 Å². The van der Waals surface area contributed by atoms with Gasteiger partial charge in [-0.2, -0.15) is 0 Å². The third-order valence-electron chi connectivity index (χ3n) is 3.01. The zero-order valence-electron chi connectivity index (χ0n) is 11.7. The smallest absolute Gasteiger partial charge is 0.207 e. The molecule has 0 aliphatic carbocycles. The molecule has 0 heterocycles. The van der Waals surface area contributed by atoms with Gasteiger partial charge in [0.15, 0.2) is 0 Å². The van der Waals surface area contributed by atoms with E-state index in [1.165, 1.54) is 12.1 Å². The Morgan fingerprint density at radius 2 is 0.692 bits per heavy atom. The number of hydrogen-bond acceptors (Lipinski definition) is 8. The van der Waals surface area contributed by atoms with E-state index in [0.717, 1.165) is 12.1 Å². The van der Waals surface area contributed by atoms with Gasteiger partial charge >= 0.3 is 0 Å². The maximum absolute atomic E-state index is 12.0. The van der Waals surface area contributed by atoms with Crippen molar-refractivity contribution < 1.29 is 33.7 Å². The van der Waals surface area contributed by atoms with Crippen LogP contribution in [-0.2, 0) is 36.2 Å². The summed E-state index contributed by atoms with van der Waals surface area (Å²) in [5.74, 6) is 0. The maximum atomic E-state index is 12.0. The molecule has 0 atom stereocenters. The predicted octanol–water partition coefficient (Wildman–Crippen LogP) is 2.55. The molecule has 0 aliphatic heterocycles. The highest BCUT2D eigenvalue weighted by atomic mass is 35.7. The first-order valence-corrected chi connectivity index (χ1v) is 15.1. The molecule has 0 saturated heterocycles. The number of rotatable bonds is 4. The van der Waals surface area contributed by atoms with E-state index >= 15 is 0 Å². The number of hydrogen-bond donors (Lipinski definition) is 0. The fourth-order valence-corrected chi connectivity index (χ4v) is 9.91. The number of halogens is 4. The highest BCUT2D eigenvalue weighted by Crippen LogP contribution is 2.45. The topological polar surface area (TPSA) is 137 Å². The van der Waals surface area contributed by atoms with E-state index in [1.54, 1.807) is 0 Å². The van der Waals surface area contributed by atoms with Crippen molar-refractivity contribution >= 4 is 89.7 Å². The normalized spacial score (nSPS) is 13.8. The van der Waals surface area contributed by atoms with Gasteiger partial charge < -0.3 is 0 Å². The lowest BCUT2D eigenvalue weighted by Crippen LogP contribution is -2.13. The van der Waals surface area contributed by atoms with E-state index < -0.39 is 66.6 Å². The van der Waals surface area contributed by atoms with Gasteiger partial charge in [-0.3, -0.25) is 0 Å². The van der Waals surface area contributed by atoms with Crippen molar-refractivity contribution in [2.45, 2.75) is 19.6 Å². The molecule has 16 heteroatoms. The van der Waals surface area contributed by atoms with Crippen molar-refractivity contribution in [1.82, 2.24) is 0 Å². The molecule has 2 rings (SSSR count). The summed E-state index contributed by atoms with van der Waals surface area (Å²) in [5.41, 5.74) is 0. The Bertz CT molecular complexity index is 1250. The zero-order chi connectivity index (χ0) is 20.3. The Labute approximate surface area is 166 Å². The molecule has 0 aromatic heterocycles. The second kappa shape index (κ2) is 6.62. The van der Waals surface area contributed by atoms with Crippen molar-refractivity contribution in [2.24, 2.45) is 0 Å². The molecule has 144 valence electrons. The van der Waals surface area contributed by atoms with Gasteiger partial charge in [0.1, 0.15) is 19.6 Å². The highest BCUT2D eigenvalue weighted by Gasteiger charge is 2.40. The summed E-state index contributed by atoms with van der Waals surface area (Å²) in [7, 11) is 0.669. The van der Waals surface area contributed by atoms with E-state index in [-0.39, 0.29) is 0 Å². The van der Waals surface area contributed by atoms with Crippen molar-refractivity contribution in [3.8, 4) is 0 Å². The SMILES string of the molecule is O=S(=O)(Cl)c1c(S(=O)(=O)Cl)c(S(=O)(=O)Cl)c2ccccc2c1S(=O)(=O)Cl.